The fraction of sp³-hybridized carbons (Fsp3) is 0.0667. The number of halogens is 4. The summed E-state index contributed by atoms with van der Waals surface area (Å²) >= 11 is 0. The number of amides is 2. The van der Waals surface area contributed by atoms with Gasteiger partial charge in [0.1, 0.15) is 11.6 Å². The van der Waals surface area contributed by atoms with Crippen LogP contribution in [0.5, 0.6) is 0 Å². The molecule has 0 radical (unpaired) electrons. The average molecular weight is 326 g/mol. The standard InChI is InChI=1S/C15H10F4N2O2/c16-9-6-10(17)12(21-15(23)13(18)19)7-11(9)20-14(22)8-4-2-1-3-5-8/h1-7,13H,(H,20,22)(H,21,23). The van der Waals surface area contributed by atoms with E-state index in [2.05, 4.69) is 5.32 Å². The van der Waals surface area contributed by atoms with Crippen LogP contribution in [0.1, 0.15) is 10.4 Å². The summed E-state index contributed by atoms with van der Waals surface area (Å²) < 4.78 is 51.5. The van der Waals surface area contributed by atoms with Crippen LogP contribution in [0.3, 0.4) is 0 Å². The molecule has 0 fully saturated rings. The van der Waals surface area contributed by atoms with Crippen molar-refractivity contribution in [1.29, 1.82) is 0 Å². The zero-order chi connectivity index (χ0) is 17.0. The van der Waals surface area contributed by atoms with Crippen LogP contribution >= 0.6 is 0 Å². The molecule has 0 heterocycles. The Labute approximate surface area is 128 Å². The third kappa shape index (κ3) is 4.06. The Morgan fingerprint density at radius 1 is 0.870 bits per heavy atom. The van der Waals surface area contributed by atoms with Gasteiger partial charge in [-0.1, -0.05) is 18.2 Å². The number of anilines is 2. The van der Waals surface area contributed by atoms with Crippen LogP contribution in [0.25, 0.3) is 0 Å². The lowest BCUT2D eigenvalue weighted by molar-refractivity contribution is -0.126. The molecule has 0 unspecified atom stereocenters. The number of rotatable bonds is 4. The molecule has 2 N–H and O–H groups in total. The normalized spacial score (nSPS) is 10.5. The average Bonchev–Trinajstić information content (AvgIpc) is 2.52. The minimum atomic E-state index is -3.36. The maximum Gasteiger partial charge on any atom is 0.315 e. The van der Waals surface area contributed by atoms with E-state index in [-0.39, 0.29) is 5.56 Å². The van der Waals surface area contributed by atoms with Gasteiger partial charge in [0.15, 0.2) is 0 Å². The molecule has 2 amide bonds. The van der Waals surface area contributed by atoms with Gasteiger partial charge in [0, 0.05) is 11.6 Å². The van der Waals surface area contributed by atoms with E-state index in [9.17, 15) is 27.2 Å². The Morgan fingerprint density at radius 3 is 2.00 bits per heavy atom. The van der Waals surface area contributed by atoms with Crippen LogP contribution in [0.4, 0.5) is 28.9 Å². The first-order valence-electron chi connectivity index (χ1n) is 6.33. The SMILES string of the molecule is O=C(Nc1cc(NC(=O)C(F)F)c(F)cc1F)c1ccccc1. The fourth-order valence-corrected chi connectivity index (χ4v) is 1.71. The molecule has 2 rings (SSSR count). The highest BCUT2D eigenvalue weighted by molar-refractivity contribution is 6.04. The van der Waals surface area contributed by atoms with Gasteiger partial charge in [-0.3, -0.25) is 9.59 Å². The molecular formula is C15H10F4N2O2. The highest BCUT2D eigenvalue weighted by Gasteiger charge is 2.19. The van der Waals surface area contributed by atoms with E-state index in [1.165, 1.54) is 12.1 Å². The number of carbonyl (C=O) groups excluding carboxylic acids is 2. The molecule has 23 heavy (non-hydrogen) atoms. The first kappa shape index (κ1) is 16.5. The number of benzene rings is 2. The maximum atomic E-state index is 13.7. The van der Waals surface area contributed by atoms with Crippen LogP contribution < -0.4 is 10.6 Å². The lowest BCUT2D eigenvalue weighted by Gasteiger charge is -2.11. The van der Waals surface area contributed by atoms with Crippen LogP contribution in [-0.2, 0) is 4.79 Å². The van der Waals surface area contributed by atoms with Gasteiger partial charge in [-0.15, -0.1) is 0 Å². The minimum Gasteiger partial charge on any atom is -0.319 e. The molecule has 4 nitrogen and oxygen atoms in total. The summed E-state index contributed by atoms with van der Waals surface area (Å²) in [5.74, 6) is -4.77. The third-order valence-corrected chi connectivity index (χ3v) is 2.80. The fourth-order valence-electron chi connectivity index (χ4n) is 1.71. The van der Waals surface area contributed by atoms with Gasteiger partial charge in [0.2, 0.25) is 0 Å². The molecule has 0 aromatic heterocycles. The second-order valence-electron chi connectivity index (χ2n) is 4.42. The highest BCUT2D eigenvalue weighted by atomic mass is 19.3. The van der Waals surface area contributed by atoms with Crippen LogP contribution in [0, 0.1) is 11.6 Å². The van der Waals surface area contributed by atoms with Crippen molar-refractivity contribution in [2.45, 2.75) is 6.43 Å². The largest absolute Gasteiger partial charge is 0.319 e. The summed E-state index contributed by atoms with van der Waals surface area (Å²) in [6, 6.07) is 8.89. The van der Waals surface area contributed by atoms with Gasteiger partial charge >= 0.3 is 6.43 Å². The molecule has 0 spiro atoms. The van der Waals surface area contributed by atoms with Gasteiger partial charge in [0.05, 0.1) is 11.4 Å². The topological polar surface area (TPSA) is 58.2 Å². The second-order valence-corrected chi connectivity index (χ2v) is 4.42. The van der Waals surface area contributed by atoms with Crippen molar-refractivity contribution in [3.63, 3.8) is 0 Å². The summed E-state index contributed by atoms with van der Waals surface area (Å²) in [5, 5.41) is 3.79. The highest BCUT2D eigenvalue weighted by Crippen LogP contribution is 2.24. The van der Waals surface area contributed by atoms with Gasteiger partial charge in [-0.25, -0.2) is 8.78 Å². The monoisotopic (exact) mass is 326 g/mol. The molecule has 0 saturated carbocycles. The van der Waals surface area contributed by atoms with E-state index in [1.807, 2.05) is 0 Å². The Kier molecular flexibility index (Phi) is 4.95. The van der Waals surface area contributed by atoms with Crippen molar-refractivity contribution < 1.29 is 27.2 Å². The zero-order valence-corrected chi connectivity index (χ0v) is 11.4. The summed E-state index contributed by atoms with van der Waals surface area (Å²) in [6.07, 6.45) is -3.36. The molecule has 0 bridgehead atoms. The smallest absolute Gasteiger partial charge is 0.315 e. The summed E-state index contributed by atoms with van der Waals surface area (Å²) in [5.41, 5.74) is -0.903. The Bertz CT molecular complexity index is 736. The van der Waals surface area contributed by atoms with Gasteiger partial charge in [-0.05, 0) is 18.2 Å². The number of hydrogen-bond acceptors (Lipinski definition) is 2. The van der Waals surface area contributed by atoms with Crippen molar-refractivity contribution in [3.05, 3.63) is 59.7 Å². The Balaban J connectivity index is 2.25. The Hall–Kier alpha value is -2.90. The van der Waals surface area contributed by atoms with Gasteiger partial charge in [-0.2, -0.15) is 8.78 Å². The van der Waals surface area contributed by atoms with Crippen molar-refractivity contribution >= 4 is 23.2 Å². The van der Waals surface area contributed by atoms with E-state index in [4.69, 9.17) is 0 Å². The first-order chi connectivity index (χ1) is 10.9. The van der Waals surface area contributed by atoms with Crippen LogP contribution in [0.15, 0.2) is 42.5 Å². The van der Waals surface area contributed by atoms with Crippen LogP contribution in [-0.4, -0.2) is 18.2 Å². The van der Waals surface area contributed by atoms with E-state index < -0.39 is 41.2 Å². The first-order valence-corrected chi connectivity index (χ1v) is 6.33. The number of carbonyl (C=O) groups is 2. The molecule has 2 aromatic rings. The second kappa shape index (κ2) is 6.91. The predicted molar refractivity (Wildman–Crippen MR) is 75.4 cm³/mol. The molecule has 8 heteroatoms. The van der Waals surface area contributed by atoms with Gasteiger partial charge in [0.25, 0.3) is 11.8 Å². The molecule has 0 atom stereocenters. The molecule has 0 aliphatic rings. The van der Waals surface area contributed by atoms with Crippen molar-refractivity contribution in [2.24, 2.45) is 0 Å². The maximum absolute atomic E-state index is 13.7. The summed E-state index contributed by atoms with van der Waals surface area (Å²) in [4.78, 5) is 22.8. The van der Waals surface area contributed by atoms with E-state index >= 15 is 0 Å². The van der Waals surface area contributed by atoms with Crippen molar-refractivity contribution in [1.82, 2.24) is 0 Å². The summed E-state index contributed by atoms with van der Waals surface area (Å²) in [6.45, 7) is 0. The quantitative estimate of drug-likeness (QED) is 0.846. The molecule has 0 aliphatic carbocycles. The third-order valence-electron chi connectivity index (χ3n) is 2.80. The van der Waals surface area contributed by atoms with Gasteiger partial charge < -0.3 is 10.6 Å². The van der Waals surface area contributed by atoms with Crippen molar-refractivity contribution in [2.75, 3.05) is 10.6 Å². The molecular weight excluding hydrogens is 316 g/mol. The van der Waals surface area contributed by atoms with E-state index in [0.29, 0.717) is 6.07 Å². The van der Waals surface area contributed by atoms with E-state index in [0.717, 1.165) is 6.07 Å². The van der Waals surface area contributed by atoms with E-state index in [1.54, 1.807) is 23.5 Å². The minimum absolute atomic E-state index is 0.217. The molecule has 0 saturated heterocycles. The lowest BCUT2D eigenvalue weighted by Crippen LogP contribution is -2.21. The molecule has 120 valence electrons. The number of hydrogen-bond donors (Lipinski definition) is 2. The predicted octanol–water partition coefficient (Wildman–Crippen LogP) is 3.42. The van der Waals surface area contributed by atoms with Crippen molar-refractivity contribution in [3.8, 4) is 0 Å². The molecule has 2 aromatic carbocycles. The van der Waals surface area contributed by atoms with Crippen LogP contribution in [0.2, 0.25) is 0 Å². The summed E-state index contributed by atoms with van der Waals surface area (Å²) in [7, 11) is 0. The molecule has 0 aliphatic heterocycles. The number of nitrogens with one attached hydrogen (secondary N) is 2. The number of alkyl halides is 2. The zero-order valence-electron chi connectivity index (χ0n) is 11.4. The lowest BCUT2D eigenvalue weighted by atomic mass is 10.2. The Morgan fingerprint density at radius 2 is 1.43 bits per heavy atom.